The van der Waals surface area contributed by atoms with Gasteiger partial charge in [-0.1, -0.05) is 0 Å². The molecule has 0 bridgehead atoms. The normalized spacial score (nSPS) is 21.3. The lowest BCUT2D eigenvalue weighted by atomic mass is 10.1. The molecule has 0 saturated carbocycles. The van der Waals surface area contributed by atoms with E-state index in [1.165, 1.54) is 6.07 Å². The summed E-state index contributed by atoms with van der Waals surface area (Å²) in [7, 11) is 0. The number of hydrogen-bond donors (Lipinski definition) is 1. The zero-order chi connectivity index (χ0) is 10.7. The SMILES string of the molecule is Fc1ccc(O[C@@H]2CCCNC2)cc1F. The summed E-state index contributed by atoms with van der Waals surface area (Å²) in [4.78, 5) is 0. The zero-order valence-corrected chi connectivity index (χ0v) is 8.30. The second-order valence-electron chi connectivity index (χ2n) is 3.66. The molecule has 0 aromatic heterocycles. The van der Waals surface area contributed by atoms with E-state index in [0.717, 1.165) is 38.1 Å². The van der Waals surface area contributed by atoms with Gasteiger partial charge in [-0.25, -0.2) is 8.78 Å². The highest BCUT2D eigenvalue weighted by atomic mass is 19.2. The molecule has 0 unspecified atom stereocenters. The molecule has 15 heavy (non-hydrogen) atoms. The van der Waals surface area contributed by atoms with Crippen LogP contribution in [0.25, 0.3) is 0 Å². The Morgan fingerprint density at radius 3 is 2.80 bits per heavy atom. The summed E-state index contributed by atoms with van der Waals surface area (Å²) in [6.45, 7) is 1.76. The fourth-order valence-corrected chi connectivity index (χ4v) is 1.66. The number of ether oxygens (including phenoxy) is 1. The second kappa shape index (κ2) is 4.57. The van der Waals surface area contributed by atoms with Gasteiger partial charge in [0.05, 0.1) is 0 Å². The Morgan fingerprint density at radius 2 is 2.13 bits per heavy atom. The Balaban J connectivity index is 2.00. The van der Waals surface area contributed by atoms with Gasteiger partial charge in [0.15, 0.2) is 11.6 Å². The maximum atomic E-state index is 12.9. The highest BCUT2D eigenvalue weighted by Gasteiger charge is 2.14. The third kappa shape index (κ3) is 2.65. The van der Waals surface area contributed by atoms with Crippen LogP contribution in [0.5, 0.6) is 5.75 Å². The van der Waals surface area contributed by atoms with Gasteiger partial charge >= 0.3 is 0 Å². The van der Waals surface area contributed by atoms with E-state index in [4.69, 9.17) is 4.74 Å². The smallest absolute Gasteiger partial charge is 0.162 e. The molecule has 2 nitrogen and oxygen atoms in total. The third-order valence-corrected chi connectivity index (χ3v) is 2.45. The lowest BCUT2D eigenvalue weighted by Crippen LogP contribution is -2.37. The van der Waals surface area contributed by atoms with E-state index in [2.05, 4.69) is 5.32 Å². The van der Waals surface area contributed by atoms with E-state index in [9.17, 15) is 8.78 Å². The van der Waals surface area contributed by atoms with E-state index < -0.39 is 11.6 Å². The van der Waals surface area contributed by atoms with Gasteiger partial charge in [-0.3, -0.25) is 0 Å². The number of halogens is 2. The number of rotatable bonds is 2. The lowest BCUT2D eigenvalue weighted by Gasteiger charge is -2.23. The molecule has 1 heterocycles. The highest BCUT2D eigenvalue weighted by molar-refractivity contribution is 5.23. The molecule has 4 heteroatoms. The molecule has 1 aromatic carbocycles. The van der Waals surface area contributed by atoms with Crippen LogP contribution < -0.4 is 10.1 Å². The summed E-state index contributed by atoms with van der Waals surface area (Å²) in [6, 6.07) is 3.62. The minimum Gasteiger partial charge on any atom is -0.489 e. The predicted molar refractivity (Wildman–Crippen MR) is 52.9 cm³/mol. The molecule has 82 valence electrons. The summed E-state index contributed by atoms with van der Waals surface area (Å²) in [5.41, 5.74) is 0. The van der Waals surface area contributed by atoms with E-state index in [-0.39, 0.29) is 6.10 Å². The Hall–Kier alpha value is -1.16. The molecule has 0 amide bonds. The average molecular weight is 213 g/mol. The van der Waals surface area contributed by atoms with E-state index in [1.807, 2.05) is 0 Å². The predicted octanol–water partition coefficient (Wildman–Crippen LogP) is 2.10. The Labute approximate surface area is 87.2 Å². The van der Waals surface area contributed by atoms with E-state index >= 15 is 0 Å². The van der Waals surface area contributed by atoms with Gasteiger partial charge in [0.2, 0.25) is 0 Å². The van der Waals surface area contributed by atoms with Gasteiger partial charge in [0.1, 0.15) is 11.9 Å². The molecule has 1 fully saturated rings. The number of hydrogen-bond acceptors (Lipinski definition) is 2. The molecule has 1 saturated heterocycles. The molecule has 1 N–H and O–H groups in total. The minimum atomic E-state index is -0.865. The summed E-state index contributed by atoms with van der Waals surface area (Å²) in [5, 5.41) is 3.19. The van der Waals surface area contributed by atoms with Gasteiger partial charge in [-0.05, 0) is 31.5 Å². The summed E-state index contributed by atoms with van der Waals surface area (Å²) in [6.07, 6.45) is 2.06. The lowest BCUT2D eigenvalue weighted by molar-refractivity contribution is 0.166. The minimum absolute atomic E-state index is 0.0589. The Morgan fingerprint density at radius 1 is 1.27 bits per heavy atom. The molecular formula is C11H13F2NO. The second-order valence-corrected chi connectivity index (χ2v) is 3.66. The van der Waals surface area contributed by atoms with Crippen LogP contribution in [0, 0.1) is 11.6 Å². The molecule has 1 atom stereocenters. The first kappa shape index (κ1) is 10.4. The third-order valence-electron chi connectivity index (χ3n) is 2.45. The first-order valence-corrected chi connectivity index (χ1v) is 5.08. The van der Waals surface area contributed by atoms with Gasteiger partial charge in [0.25, 0.3) is 0 Å². The van der Waals surface area contributed by atoms with Crippen molar-refractivity contribution in [2.24, 2.45) is 0 Å². The van der Waals surface area contributed by atoms with Crippen molar-refractivity contribution in [3.63, 3.8) is 0 Å². The fourth-order valence-electron chi connectivity index (χ4n) is 1.66. The zero-order valence-electron chi connectivity index (χ0n) is 8.30. The summed E-state index contributed by atoms with van der Waals surface area (Å²) in [5.74, 6) is -1.32. The molecule has 0 aliphatic carbocycles. The molecule has 1 aromatic rings. The molecular weight excluding hydrogens is 200 g/mol. The van der Waals surface area contributed by atoms with Crippen molar-refractivity contribution in [2.75, 3.05) is 13.1 Å². The molecule has 0 radical (unpaired) electrons. The standard InChI is InChI=1S/C11H13F2NO/c12-10-4-3-8(6-11(10)13)15-9-2-1-5-14-7-9/h3-4,6,9,14H,1-2,5,7H2/t9-/m1/s1. The number of nitrogens with one attached hydrogen (secondary N) is 1. The Bertz CT molecular complexity index is 337. The fraction of sp³-hybridized carbons (Fsp3) is 0.455. The van der Waals surface area contributed by atoms with Crippen LogP contribution >= 0.6 is 0 Å². The van der Waals surface area contributed by atoms with Gasteiger partial charge in [-0.2, -0.15) is 0 Å². The first-order valence-electron chi connectivity index (χ1n) is 5.08. The quantitative estimate of drug-likeness (QED) is 0.812. The van der Waals surface area contributed by atoms with Gasteiger partial charge in [-0.15, -0.1) is 0 Å². The van der Waals surface area contributed by atoms with Crippen LogP contribution in [0.15, 0.2) is 18.2 Å². The average Bonchev–Trinajstić information content (AvgIpc) is 2.25. The van der Waals surface area contributed by atoms with E-state index in [1.54, 1.807) is 0 Å². The van der Waals surface area contributed by atoms with Crippen LogP contribution in [0.4, 0.5) is 8.78 Å². The van der Waals surface area contributed by atoms with Crippen molar-refractivity contribution in [3.8, 4) is 5.75 Å². The van der Waals surface area contributed by atoms with Crippen molar-refractivity contribution in [2.45, 2.75) is 18.9 Å². The molecule has 2 rings (SSSR count). The van der Waals surface area contributed by atoms with Crippen molar-refractivity contribution in [1.82, 2.24) is 5.32 Å². The van der Waals surface area contributed by atoms with Crippen LogP contribution in [0.3, 0.4) is 0 Å². The number of piperidine rings is 1. The first-order chi connectivity index (χ1) is 7.25. The number of benzene rings is 1. The maximum absolute atomic E-state index is 12.9. The van der Waals surface area contributed by atoms with Crippen molar-refractivity contribution in [1.29, 1.82) is 0 Å². The van der Waals surface area contributed by atoms with E-state index in [0.29, 0.717) is 5.75 Å². The van der Waals surface area contributed by atoms with Crippen molar-refractivity contribution in [3.05, 3.63) is 29.8 Å². The molecule has 1 aliphatic rings. The van der Waals surface area contributed by atoms with Crippen molar-refractivity contribution >= 4 is 0 Å². The van der Waals surface area contributed by atoms with Gasteiger partial charge in [0, 0.05) is 12.6 Å². The van der Waals surface area contributed by atoms with Crippen LogP contribution in [-0.2, 0) is 0 Å². The van der Waals surface area contributed by atoms with Crippen molar-refractivity contribution < 1.29 is 13.5 Å². The molecule has 1 aliphatic heterocycles. The van der Waals surface area contributed by atoms with Crippen LogP contribution in [-0.4, -0.2) is 19.2 Å². The highest BCUT2D eigenvalue weighted by Crippen LogP contribution is 2.18. The largest absolute Gasteiger partial charge is 0.489 e. The summed E-state index contributed by atoms with van der Waals surface area (Å²) >= 11 is 0. The molecule has 0 spiro atoms. The topological polar surface area (TPSA) is 21.3 Å². The monoisotopic (exact) mass is 213 g/mol. The van der Waals surface area contributed by atoms with Crippen LogP contribution in [0.1, 0.15) is 12.8 Å². The Kier molecular flexibility index (Phi) is 3.16. The summed E-state index contributed by atoms with van der Waals surface area (Å²) < 4.78 is 31.0. The maximum Gasteiger partial charge on any atom is 0.162 e. The van der Waals surface area contributed by atoms with Gasteiger partial charge < -0.3 is 10.1 Å². The van der Waals surface area contributed by atoms with Crippen LogP contribution in [0.2, 0.25) is 0 Å².